The highest BCUT2D eigenvalue weighted by Gasteiger charge is 2.15. The van der Waals surface area contributed by atoms with Crippen molar-refractivity contribution in [2.75, 3.05) is 18.6 Å². The normalized spacial score (nSPS) is 13.7. The fraction of sp³-hybridized carbons (Fsp3) is 0.444. The third-order valence-corrected chi connectivity index (χ3v) is 4.17. The summed E-state index contributed by atoms with van der Waals surface area (Å²) in [5.74, 6) is 0.204. The standard InChI is InChI=1S/C9H13NO4S2/c1-16(13,14)8-3-2-4-10-9(8)15-6-7(12)5-11/h2-4,7,11-12H,5-6H2,1H3. The van der Waals surface area contributed by atoms with Crippen LogP contribution in [0.3, 0.4) is 0 Å². The molecule has 0 bridgehead atoms. The molecule has 1 aromatic heterocycles. The van der Waals surface area contributed by atoms with Gasteiger partial charge in [-0.15, -0.1) is 11.8 Å². The van der Waals surface area contributed by atoms with E-state index in [0.29, 0.717) is 5.03 Å². The first-order valence-electron chi connectivity index (χ1n) is 4.52. The smallest absolute Gasteiger partial charge is 0.178 e. The van der Waals surface area contributed by atoms with E-state index in [1.807, 2.05) is 0 Å². The summed E-state index contributed by atoms with van der Waals surface area (Å²) in [5.41, 5.74) is 0. The molecule has 1 aromatic rings. The van der Waals surface area contributed by atoms with Gasteiger partial charge in [0, 0.05) is 18.2 Å². The van der Waals surface area contributed by atoms with Crippen LogP contribution in [-0.2, 0) is 9.84 Å². The Morgan fingerprint density at radius 3 is 2.81 bits per heavy atom. The summed E-state index contributed by atoms with van der Waals surface area (Å²) in [4.78, 5) is 4.09. The third kappa shape index (κ3) is 3.75. The van der Waals surface area contributed by atoms with Gasteiger partial charge in [0.15, 0.2) is 9.84 Å². The first kappa shape index (κ1) is 13.4. The largest absolute Gasteiger partial charge is 0.394 e. The van der Waals surface area contributed by atoms with Crippen molar-refractivity contribution in [1.82, 2.24) is 4.98 Å². The van der Waals surface area contributed by atoms with Gasteiger partial charge in [-0.3, -0.25) is 0 Å². The summed E-state index contributed by atoms with van der Waals surface area (Å²) in [5, 5.41) is 18.1. The summed E-state index contributed by atoms with van der Waals surface area (Å²) in [6, 6.07) is 3.01. The van der Waals surface area contributed by atoms with E-state index in [1.54, 1.807) is 6.07 Å². The Morgan fingerprint density at radius 2 is 2.25 bits per heavy atom. The molecule has 1 atom stereocenters. The average molecular weight is 263 g/mol. The van der Waals surface area contributed by atoms with Crippen molar-refractivity contribution in [3.05, 3.63) is 18.3 Å². The van der Waals surface area contributed by atoms with E-state index in [1.165, 1.54) is 12.3 Å². The Kier molecular flexibility index (Phi) is 4.72. The second kappa shape index (κ2) is 5.62. The van der Waals surface area contributed by atoms with Gasteiger partial charge in [-0.05, 0) is 12.1 Å². The molecule has 0 saturated heterocycles. The number of aliphatic hydroxyl groups excluding tert-OH is 2. The molecule has 0 saturated carbocycles. The average Bonchev–Trinajstić information content (AvgIpc) is 2.25. The second-order valence-corrected chi connectivity index (χ2v) is 6.22. The summed E-state index contributed by atoms with van der Waals surface area (Å²) in [6.45, 7) is -0.353. The highest BCUT2D eigenvalue weighted by molar-refractivity contribution is 8.00. The minimum Gasteiger partial charge on any atom is -0.394 e. The molecule has 0 radical (unpaired) electrons. The Hall–Kier alpha value is -0.630. The molecule has 0 aliphatic rings. The summed E-state index contributed by atoms with van der Waals surface area (Å²) < 4.78 is 22.8. The molecule has 1 rings (SSSR count). The molecule has 0 spiro atoms. The number of pyridine rings is 1. The van der Waals surface area contributed by atoms with Crippen molar-refractivity contribution in [1.29, 1.82) is 0 Å². The quantitative estimate of drug-likeness (QED) is 0.723. The first-order chi connectivity index (χ1) is 7.45. The highest BCUT2D eigenvalue weighted by atomic mass is 32.2. The zero-order valence-corrected chi connectivity index (χ0v) is 10.3. The molecule has 2 N–H and O–H groups in total. The molecule has 90 valence electrons. The van der Waals surface area contributed by atoms with Gasteiger partial charge >= 0.3 is 0 Å². The monoisotopic (exact) mass is 263 g/mol. The van der Waals surface area contributed by atoms with Gasteiger partial charge in [0.1, 0.15) is 5.03 Å². The Morgan fingerprint density at radius 1 is 1.56 bits per heavy atom. The minimum absolute atomic E-state index is 0.144. The van der Waals surface area contributed by atoms with E-state index >= 15 is 0 Å². The summed E-state index contributed by atoms with van der Waals surface area (Å²) in [7, 11) is -3.32. The molecule has 1 heterocycles. The first-order valence-corrected chi connectivity index (χ1v) is 7.39. The van der Waals surface area contributed by atoms with Gasteiger partial charge in [0.25, 0.3) is 0 Å². The van der Waals surface area contributed by atoms with Crippen LogP contribution in [0.5, 0.6) is 0 Å². The molecule has 0 aliphatic heterocycles. The van der Waals surface area contributed by atoms with Crippen LogP contribution in [0.1, 0.15) is 0 Å². The Bertz CT molecular complexity index is 447. The fourth-order valence-electron chi connectivity index (χ4n) is 0.994. The Balaban J connectivity index is 2.88. The predicted octanol–water partition coefficient (Wildman–Crippen LogP) is -0.0696. The van der Waals surface area contributed by atoms with E-state index in [0.717, 1.165) is 18.0 Å². The maximum Gasteiger partial charge on any atom is 0.178 e. The van der Waals surface area contributed by atoms with Crippen molar-refractivity contribution < 1.29 is 18.6 Å². The molecule has 16 heavy (non-hydrogen) atoms. The van der Waals surface area contributed by atoms with Gasteiger partial charge in [0.05, 0.1) is 17.6 Å². The lowest BCUT2D eigenvalue weighted by Gasteiger charge is -2.08. The molecule has 0 aliphatic carbocycles. The van der Waals surface area contributed by atoms with Crippen LogP contribution < -0.4 is 0 Å². The van der Waals surface area contributed by atoms with Crippen LogP contribution in [0.2, 0.25) is 0 Å². The highest BCUT2D eigenvalue weighted by Crippen LogP contribution is 2.24. The number of aliphatic hydroxyl groups is 2. The molecule has 5 nitrogen and oxygen atoms in total. The molecular formula is C9H13NO4S2. The Labute approximate surface area is 98.4 Å². The topological polar surface area (TPSA) is 87.5 Å². The van der Waals surface area contributed by atoms with Crippen LogP contribution in [0, 0.1) is 0 Å². The van der Waals surface area contributed by atoms with Crippen LogP contribution in [-0.4, -0.2) is 48.3 Å². The predicted molar refractivity (Wildman–Crippen MR) is 61.2 cm³/mol. The van der Waals surface area contributed by atoms with E-state index in [9.17, 15) is 8.42 Å². The maximum atomic E-state index is 11.4. The van der Waals surface area contributed by atoms with E-state index in [-0.39, 0.29) is 17.3 Å². The van der Waals surface area contributed by atoms with Crippen molar-refractivity contribution in [2.24, 2.45) is 0 Å². The van der Waals surface area contributed by atoms with Crippen LogP contribution in [0.25, 0.3) is 0 Å². The van der Waals surface area contributed by atoms with E-state index < -0.39 is 15.9 Å². The number of aromatic nitrogens is 1. The lowest BCUT2D eigenvalue weighted by molar-refractivity contribution is 0.113. The van der Waals surface area contributed by atoms with E-state index in [2.05, 4.69) is 4.98 Å². The van der Waals surface area contributed by atoms with Gasteiger partial charge < -0.3 is 10.2 Å². The summed E-state index contributed by atoms with van der Waals surface area (Å²) >= 11 is 1.11. The summed E-state index contributed by atoms with van der Waals surface area (Å²) in [6.07, 6.45) is 1.72. The zero-order chi connectivity index (χ0) is 12.2. The van der Waals surface area contributed by atoms with Crippen LogP contribution in [0.4, 0.5) is 0 Å². The van der Waals surface area contributed by atoms with Crippen molar-refractivity contribution in [2.45, 2.75) is 16.0 Å². The zero-order valence-electron chi connectivity index (χ0n) is 8.70. The molecule has 0 fully saturated rings. The molecule has 0 aromatic carbocycles. The van der Waals surface area contributed by atoms with Crippen molar-refractivity contribution in [3.63, 3.8) is 0 Å². The minimum atomic E-state index is -3.32. The fourth-order valence-corrected chi connectivity index (χ4v) is 3.12. The number of nitrogens with zero attached hydrogens (tertiary/aromatic N) is 1. The van der Waals surface area contributed by atoms with Gasteiger partial charge in [0.2, 0.25) is 0 Å². The molecule has 0 amide bonds. The van der Waals surface area contributed by atoms with Gasteiger partial charge in [-0.25, -0.2) is 13.4 Å². The molecule has 1 unspecified atom stereocenters. The van der Waals surface area contributed by atoms with E-state index in [4.69, 9.17) is 10.2 Å². The van der Waals surface area contributed by atoms with Crippen LogP contribution >= 0.6 is 11.8 Å². The number of hydrogen-bond acceptors (Lipinski definition) is 6. The number of hydrogen-bond donors (Lipinski definition) is 2. The molecular weight excluding hydrogens is 250 g/mol. The number of rotatable bonds is 5. The number of sulfone groups is 1. The van der Waals surface area contributed by atoms with Crippen molar-refractivity contribution in [3.8, 4) is 0 Å². The van der Waals surface area contributed by atoms with Gasteiger partial charge in [-0.2, -0.15) is 0 Å². The van der Waals surface area contributed by atoms with Gasteiger partial charge in [-0.1, -0.05) is 0 Å². The van der Waals surface area contributed by atoms with Crippen molar-refractivity contribution >= 4 is 21.6 Å². The maximum absolute atomic E-state index is 11.4. The third-order valence-electron chi connectivity index (χ3n) is 1.76. The lowest BCUT2D eigenvalue weighted by atomic mass is 10.4. The molecule has 7 heteroatoms. The number of thioether (sulfide) groups is 1. The van der Waals surface area contributed by atoms with Crippen LogP contribution in [0.15, 0.2) is 28.3 Å². The lowest BCUT2D eigenvalue weighted by Crippen LogP contribution is -2.15. The second-order valence-electron chi connectivity index (χ2n) is 3.23. The SMILES string of the molecule is CS(=O)(=O)c1cccnc1SCC(O)CO.